The van der Waals surface area contributed by atoms with Gasteiger partial charge in [-0.15, -0.1) is 0 Å². The van der Waals surface area contributed by atoms with Gasteiger partial charge in [-0.2, -0.15) is 0 Å². The van der Waals surface area contributed by atoms with Gasteiger partial charge >= 0.3 is 5.97 Å². The predicted molar refractivity (Wildman–Crippen MR) is 139 cm³/mol. The number of ether oxygens (including phenoxy) is 2. The molecule has 0 saturated carbocycles. The number of rotatable bonds is 11. The van der Waals surface area contributed by atoms with Crippen LogP contribution >= 0.6 is 15.9 Å². The largest absolute Gasteiger partial charge is 0.490 e. The molecule has 1 atom stereocenters. The zero-order valence-electron chi connectivity index (χ0n) is 20.4. The minimum atomic E-state index is -0.929. The normalized spacial score (nSPS) is 12.4. The van der Waals surface area contributed by atoms with Crippen molar-refractivity contribution in [1.29, 1.82) is 0 Å². The number of H-pyrrole nitrogens is 1. The fraction of sp³-hybridized carbons (Fsp3) is 0.385. The van der Waals surface area contributed by atoms with E-state index in [1.807, 2.05) is 58.2 Å². The van der Waals surface area contributed by atoms with Crippen molar-refractivity contribution in [2.75, 3.05) is 13.2 Å². The maximum absolute atomic E-state index is 12.2. The summed E-state index contributed by atoms with van der Waals surface area (Å²) in [5, 5.41) is 16.8. The lowest BCUT2D eigenvalue weighted by Gasteiger charge is -2.21. The molecule has 0 spiro atoms. The van der Waals surface area contributed by atoms with Crippen molar-refractivity contribution in [2.45, 2.75) is 52.2 Å². The van der Waals surface area contributed by atoms with Crippen LogP contribution in [0.4, 0.5) is 0 Å². The Morgan fingerprint density at radius 1 is 1.11 bits per heavy atom. The zero-order valence-corrected chi connectivity index (χ0v) is 22.0. The van der Waals surface area contributed by atoms with E-state index in [0.29, 0.717) is 31.1 Å². The lowest BCUT2D eigenvalue weighted by Crippen LogP contribution is -2.43. The van der Waals surface area contributed by atoms with Gasteiger partial charge < -0.3 is 24.9 Å². The number of carbonyl (C=O) groups is 2. The number of nitrogens with one attached hydrogen (secondary N) is 3. The smallest absolute Gasteiger partial charge is 0.321 e. The molecule has 9 heteroatoms. The summed E-state index contributed by atoms with van der Waals surface area (Å²) >= 11 is 3.54. The Bertz CT molecular complexity index is 1190. The first-order valence-electron chi connectivity index (χ1n) is 11.5. The predicted octanol–water partition coefficient (Wildman–Crippen LogP) is 4.41. The number of carboxylic acids is 1. The lowest BCUT2D eigenvalue weighted by atomic mass is 10.0. The highest BCUT2D eigenvalue weighted by atomic mass is 79.9. The van der Waals surface area contributed by atoms with Crippen LogP contribution in [0.25, 0.3) is 10.9 Å². The Kier molecular flexibility index (Phi) is 8.80. The number of fused-ring (bicyclic) bond motifs is 1. The first-order chi connectivity index (χ1) is 16.6. The number of aromatic nitrogens is 1. The van der Waals surface area contributed by atoms with Crippen LogP contribution in [0.1, 0.15) is 38.8 Å². The Hall–Kier alpha value is -3.04. The Balaban J connectivity index is 1.71. The molecule has 0 saturated heterocycles. The van der Waals surface area contributed by atoms with Crippen LogP contribution in [-0.4, -0.2) is 46.8 Å². The second-order valence-corrected chi connectivity index (χ2v) is 10.1. The van der Waals surface area contributed by atoms with E-state index in [1.165, 1.54) is 0 Å². The van der Waals surface area contributed by atoms with Crippen molar-refractivity contribution >= 4 is 38.7 Å². The van der Waals surface area contributed by atoms with Gasteiger partial charge in [0.1, 0.15) is 6.04 Å². The average Bonchev–Trinajstić information content (AvgIpc) is 3.18. The summed E-state index contributed by atoms with van der Waals surface area (Å²) in [5.41, 5.74) is 2.37. The summed E-state index contributed by atoms with van der Waals surface area (Å²) in [6.45, 7) is 8.13. The molecular formula is C26H32BrN3O5. The molecule has 0 fully saturated rings. The fourth-order valence-electron chi connectivity index (χ4n) is 3.69. The van der Waals surface area contributed by atoms with Crippen LogP contribution in [-0.2, 0) is 22.6 Å². The van der Waals surface area contributed by atoms with Gasteiger partial charge in [0, 0.05) is 40.1 Å². The van der Waals surface area contributed by atoms with Crippen LogP contribution in [0.15, 0.2) is 47.1 Å². The van der Waals surface area contributed by atoms with Crippen LogP contribution in [0, 0.1) is 0 Å². The number of aromatic amines is 1. The van der Waals surface area contributed by atoms with Gasteiger partial charge in [0.15, 0.2) is 18.1 Å². The number of hydrogen-bond acceptors (Lipinski definition) is 5. The van der Waals surface area contributed by atoms with E-state index in [0.717, 1.165) is 26.5 Å². The molecule has 3 rings (SSSR count). The van der Waals surface area contributed by atoms with E-state index in [9.17, 15) is 14.7 Å². The molecule has 0 aliphatic heterocycles. The molecule has 35 heavy (non-hydrogen) atoms. The van der Waals surface area contributed by atoms with E-state index in [2.05, 4.69) is 31.5 Å². The van der Waals surface area contributed by atoms with Gasteiger partial charge in [-0.05, 0) is 57.0 Å². The Labute approximate surface area is 213 Å². The van der Waals surface area contributed by atoms with Crippen molar-refractivity contribution < 1.29 is 24.2 Å². The summed E-state index contributed by atoms with van der Waals surface area (Å²) in [7, 11) is 0. The highest BCUT2D eigenvalue weighted by molar-refractivity contribution is 9.10. The highest BCUT2D eigenvalue weighted by Gasteiger charge is 2.21. The maximum Gasteiger partial charge on any atom is 0.321 e. The quantitative estimate of drug-likeness (QED) is 0.284. The van der Waals surface area contributed by atoms with Crippen LogP contribution < -0.4 is 20.1 Å². The third-order valence-corrected chi connectivity index (χ3v) is 5.96. The van der Waals surface area contributed by atoms with Crippen LogP contribution in [0.2, 0.25) is 0 Å². The van der Waals surface area contributed by atoms with Gasteiger partial charge in [-0.3, -0.25) is 14.9 Å². The highest BCUT2D eigenvalue weighted by Crippen LogP contribution is 2.34. The van der Waals surface area contributed by atoms with Crippen molar-refractivity contribution in [1.82, 2.24) is 15.6 Å². The summed E-state index contributed by atoms with van der Waals surface area (Å²) in [6, 6.07) is 10.6. The molecule has 188 valence electrons. The second-order valence-electron chi connectivity index (χ2n) is 9.25. The SMILES string of the molecule is CCOc1cc(CNC(Cc2c[nH]c3ccccc23)C(=O)O)c(Br)cc1OCC(=O)NC(C)(C)C. The summed E-state index contributed by atoms with van der Waals surface area (Å²) < 4.78 is 12.2. The molecular weight excluding hydrogens is 514 g/mol. The van der Waals surface area contributed by atoms with E-state index in [-0.39, 0.29) is 18.1 Å². The fourth-order valence-corrected chi connectivity index (χ4v) is 4.15. The van der Waals surface area contributed by atoms with Crippen molar-refractivity contribution in [2.24, 2.45) is 0 Å². The van der Waals surface area contributed by atoms with Gasteiger partial charge in [0.2, 0.25) is 0 Å². The third kappa shape index (κ3) is 7.47. The van der Waals surface area contributed by atoms with Crippen LogP contribution in [0.5, 0.6) is 11.5 Å². The second kappa shape index (κ2) is 11.6. The number of carboxylic acid groups (broad SMARTS) is 1. The zero-order chi connectivity index (χ0) is 25.6. The molecule has 8 nitrogen and oxygen atoms in total. The van der Waals surface area contributed by atoms with Crippen molar-refractivity contribution in [3.05, 3.63) is 58.2 Å². The Morgan fingerprint density at radius 3 is 2.51 bits per heavy atom. The molecule has 1 aromatic heterocycles. The summed E-state index contributed by atoms with van der Waals surface area (Å²) in [4.78, 5) is 27.3. The molecule has 1 amide bonds. The number of para-hydroxylation sites is 1. The summed E-state index contributed by atoms with van der Waals surface area (Å²) in [6.07, 6.45) is 2.19. The number of aliphatic carboxylic acids is 1. The number of carbonyl (C=O) groups excluding carboxylic acids is 1. The molecule has 0 aliphatic carbocycles. The van der Waals surface area contributed by atoms with E-state index in [1.54, 1.807) is 12.1 Å². The first kappa shape index (κ1) is 26.6. The minimum Gasteiger partial charge on any atom is -0.490 e. The van der Waals surface area contributed by atoms with Crippen molar-refractivity contribution in [3.63, 3.8) is 0 Å². The number of benzene rings is 2. The molecule has 1 unspecified atom stereocenters. The van der Waals surface area contributed by atoms with Gasteiger partial charge in [-0.1, -0.05) is 34.1 Å². The molecule has 2 aromatic carbocycles. The maximum atomic E-state index is 12.2. The molecule has 1 heterocycles. The van der Waals surface area contributed by atoms with Crippen LogP contribution in [0.3, 0.4) is 0 Å². The standard InChI is InChI=1S/C26H32BrN3O5/c1-5-34-22-11-17(19(27)12-23(22)35-15-24(31)30-26(2,3)4)14-29-21(25(32)33)10-16-13-28-20-9-7-6-8-18(16)20/h6-9,11-13,21,28-29H,5,10,14-15H2,1-4H3,(H,30,31)(H,32,33). The molecule has 0 radical (unpaired) electrons. The van der Waals surface area contributed by atoms with Gasteiger partial charge in [0.25, 0.3) is 5.91 Å². The number of halogens is 1. The monoisotopic (exact) mass is 545 g/mol. The minimum absolute atomic E-state index is 0.146. The first-order valence-corrected chi connectivity index (χ1v) is 12.3. The Morgan fingerprint density at radius 2 is 1.83 bits per heavy atom. The van der Waals surface area contributed by atoms with Gasteiger partial charge in [-0.25, -0.2) is 0 Å². The molecule has 4 N–H and O–H groups in total. The molecule has 0 aliphatic rings. The topological polar surface area (TPSA) is 113 Å². The summed E-state index contributed by atoms with van der Waals surface area (Å²) in [5.74, 6) is -0.246. The molecule has 0 bridgehead atoms. The van der Waals surface area contributed by atoms with E-state index >= 15 is 0 Å². The third-order valence-electron chi connectivity index (χ3n) is 5.22. The van der Waals surface area contributed by atoms with E-state index in [4.69, 9.17) is 9.47 Å². The van der Waals surface area contributed by atoms with Crippen molar-refractivity contribution in [3.8, 4) is 11.5 Å². The molecule has 3 aromatic rings. The van der Waals surface area contributed by atoms with E-state index < -0.39 is 12.0 Å². The number of amides is 1. The lowest BCUT2D eigenvalue weighted by molar-refractivity contribution is -0.139. The number of hydrogen-bond donors (Lipinski definition) is 4. The van der Waals surface area contributed by atoms with Gasteiger partial charge in [0.05, 0.1) is 6.61 Å². The average molecular weight is 546 g/mol.